The smallest absolute Gasteiger partial charge is 0.253 e. The summed E-state index contributed by atoms with van der Waals surface area (Å²) < 4.78 is 19.4. The topological polar surface area (TPSA) is 69.9 Å². The van der Waals surface area contributed by atoms with Crippen LogP contribution in [-0.4, -0.2) is 44.0 Å². The van der Waals surface area contributed by atoms with Crippen molar-refractivity contribution in [3.05, 3.63) is 70.7 Å². The highest BCUT2D eigenvalue weighted by Crippen LogP contribution is 2.26. The van der Waals surface area contributed by atoms with Crippen molar-refractivity contribution in [3.8, 4) is 0 Å². The van der Waals surface area contributed by atoms with Crippen LogP contribution in [0.1, 0.15) is 34.2 Å². The van der Waals surface area contributed by atoms with Crippen LogP contribution in [0.25, 0.3) is 11.0 Å². The molecule has 0 bridgehead atoms. The molecule has 0 spiro atoms. The molecule has 0 aliphatic heterocycles. The number of nitrogens with one attached hydrogen (secondary N) is 2. The van der Waals surface area contributed by atoms with Gasteiger partial charge >= 0.3 is 0 Å². The summed E-state index contributed by atoms with van der Waals surface area (Å²) in [4.78, 5) is 18.3. The summed E-state index contributed by atoms with van der Waals surface area (Å²) in [5.41, 5.74) is 3.32. The molecule has 32 heavy (non-hydrogen) atoms. The molecule has 8 heteroatoms. The van der Waals surface area contributed by atoms with E-state index in [4.69, 9.17) is 4.42 Å². The molecule has 1 amide bonds. The number of amides is 1. The van der Waals surface area contributed by atoms with Crippen molar-refractivity contribution < 1.29 is 13.6 Å². The van der Waals surface area contributed by atoms with Crippen LogP contribution in [0.15, 0.2) is 51.9 Å². The van der Waals surface area contributed by atoms with E-state index in [-0.39, 0.29) is 35.7 Å². The van der Waals surface area contributed by atoms with E-state index < -0.39 is 0 Å². The number of hydrogen-bond donors (Lipinski definition) is 2. The maximum absolute atomic E-state index is 13.5. The molecule has 0 saturated carbocycles. The van der Waals surface area contributed by atoms with E-state index in [1.807, 2.05) is 38.1 Å². The Morgan fingerprint density at radius 3 is 2.66 bits per heavy atom. The van der Waals surface area contributed by atoms with Gasteiger partial charge < -0.3 is 20.0 Å². The summed E-state index contributed by atoms with van der Waals surface area (Å²) in [7, 11) is 3.49. The van der Waals surface area contributed by atoms with Gasteiger partial charge in [0.25, 0.3) is 5.91 Å². The summed E-state index contributed by atoms with van der Waals surface area (Å²) >= 11 is 0. The van der Waals surface area contributed by atoms with E-state index in [2.05, 4.69) is 15.6 Å². The molecule has 1 heterocycles. The molecule has 1 aromatic heterocycles. The van der Waals surface area contributed by atoms with Gasteiger partial charge in [-0.25, -0.2) is 9.38 Å². The molecule has 0 unspecified atom stereocenters. The highest BCUT2D eigenvalue weighted by atomic mass is 127. The third-order valence-corrected chi connectivity index (χ3v) is 5.01. The van der Waals surface area contributed by atoms with Crippen LogP contribution in [0.5, 0.6) is 0 Å². The zero-order valence-corrected chi connectivity index (χ0v) is 21.2. The Bertz CT molecular complexity index is 1090. The van der Waals surface area contributed by atoms with Gasteiger partial charge in [-0.15, -0.1) is 24.0 Å². The number of benzene rings is 2. The number of carbonyl (C=O) groups is 1. The molecule has 172 valence electrons. The maximum Gasteiger partial charge on any atom is 0.253 e. The minimum atomic E-state index is -0.280. The number of furan rings is 1. The number of guanidine groups is 1. The number of aryl methyl sites for hydroxylation is 1. The molecule has 0 fully saturated rings. The van der Waals surface area contributed by atoms with E-state index in [0.29, 0.717) is 36.0 Å². The minimum absolute atomic E-state index is 0. The molecular formula is C24H30FIN4O2. The van der Waals surface area contributed by atoms with E-state index in [1.165, 1.54) is 12.1 Å². The molecule has 0 aliphatic rings. The van der Waals surface area contributed by atoms with E-state index in [0.717, 1.165) is 29.5 Å². The Labute approximate surface area is 205 Å². The van der Waals surface area contributed by atoms with Gasteiger partial charge in [0, 0.05) is 43.7 Å². The lowest BCUT2D eigenvalue weighted by Crippen LogP contribution is -2.38. The maximum atomic E-state index is 13.5. The zero-order valence-electron chi connectivity index (χ0n) is 18.9. The fourth-order valence-corrected chi connectivity index (χ4v) is 3.33. The summed E-state index contributed by atoms with van der Waals surface area (Å²) in [6, 6.07) is 12.2. The van der Waals surface area contributed by atoms with Crippen molar-refractivity contribution in [2.45, 2.75) is 26.8 Å². The average Bonchev–Trinajstić information content (AvgIpc) is 3.06. The molecule has 3 rings (SSSR count). The predicted molar refractivity (Wildman–Crippen MR) is 137 cm³/mol. The van der Waals surface area contributed by atoms with E-state index in [1.54, 1.807) is 25.1 Å². The highest BCUT2D eigenvalue weighted by Gasteiger charge is 2.11. The second-order valence-electron chi connectivity index (χ2n) is 7.56. The van der Waals surface area contributed by atoms with Gasteiger partial charge in [0.05, 0.1) is 0 Å². The number of hydrogen-bond acceptors (Lipinski definition) is 3. The summed E-state index contributed by atoms with van der Waals surface area (Å²) in [6.45, 7) is 5.66. The molecule has 0 saturated heterocycles. The predicted octanol–water partition coefficient (Wildman–Crippen LogP) is 4.50. The van der Waals surface area contributed by atoms with Crippen molar-refractivity contribution in [1.82, 2.24) is 15.5 Å². The molecule has 0 radical (unpaired) electrons. The second-order valence-corrected chi connectivity index (χ2v) is 7.56. The first kappa shape index (κ1) is 25.6. The SMILES string of the molecule is CCNC(=NCc1oc2ccc(F)cc2c1C)NCCc1cccc(C(=O)N(C)C)c1.I. The Balaban J connectivity index is 0.00000363. The number of nitrogens with zero attached hydrogens (tertiary/aromatic N) is 2. The number of carbonyl (C=O) groups excluding carboxylic acids is 1. The monoisotopic (exact) mass is 552 g/mol. The largest absolute Gasteiger partial charge is 0.459 e. The van der Waals surface area contributed by atoms with Crippen LogP contribution < -0.4 is 10.6 Å². The lowest BCUT2D eigenvalue weighted by Gasteiger charge is -2.13. The Morgan fingerprint density at radius 1 is 1.16 bits per heavy atom. The minimum Gasteiger partial charge on any atom is -0.459 e. The van der Waals surface area contributed by atoms with Crippen LogP contribution in [0.4, 0.5) is 4.39 Å². The Kier molecular flexibility index (Phi) is 9.49. The summed E-state index contributed by atoms with van der Waals surface area (Å²) in [5.74, 6) is 1.10. The first-order chi connectivity index (χ1) is 14.9. The van der Waals surface area contributed by atoms with Crippen LogP contribution in [-0.2, 0) is 13.0 Å². The van der Waals surface area contributed by atoms with Crippen molar-refractivity contribution in [2.24, 2.45) is 4.99 Å². The number of halogens is 2. The van der Waals surface area contributed by atoms with Crippen molar-refractivity contribution in [3.63, 3.8) is 0 Å². The molecule has 6 nitrogen and oxygen atoms in total. The van der Waals surface area contributed by atoms with Crippen molar-refractivity contribution >= 4 is 46.8 Å². The molecule has 3 aromatic rings. The van der Waals surface area contributed by atoms with Gasteiger partial charge in [-0.1, -0.05) is 12.1 Å². The van der Waals surface area contributed by atoms with Crippen LogP contribution in [0, 0.1) is 12.7 Å². The quantitative estimate of drug-likeness (QED) is 0.258. The fourth-order valence-electron chi connectivity index (χ4n) is 3.33. The molecule has 0 aliphatic carbocycles. The van der Waals surface area contributed by atoms with Gasteiger partial charge in [0.2, 0.25) is 0 Å². The van der Waals surface area contributed by atoms with Gasteiger partial charge in [0.15, 0.2) is 5.96 Å². The van der Waals surface area contributed by atoms with E-state index in [9.17, 15) is 9.18 Å². The standard InChI is InChI=1S/C24H29FN4O2.HI/c1-5-26-24(27-12-11-17-7-6-8-18(13-17)23(30)29(3)4)28-15-22-16(2)20-14-19(25)9-10-21(20)31-22;/h6-10,13-14H,5,11-12,15H2,1-4H3,(H2,26,27,28);1H. The van der Waals surface area contributed by atoms with E-state index >= 15 is 0 Å². The van der Waals surface area contributed by atoms with Crippen LogP contribution >= 0.6 is 24.0 Å². The van der Waals surface area contributed by atoms with Gasteiger partial charge in [0.1, 0.15) is 23.7 Å². The van der Waals surface area contributed by atoms with Crippen molar-refractivity contribution in [1.29, 1.82) is 0 Å². The number of aliphatic imine (C=N–C) groups is 1. The fraction of sp³-hybridized carbons (Fsp3) is 0.333. The molecule has 2 aromatic carbocycles. The third kappa shape index (κ3) is 6.44. The van der Waals surface area contributed by atoms with Crippen LogP contribution in [0.3, 0.4) is 0 Å². The first-order valence-electron chi connectivity index (χ1n) is 10.4. The molecule has 0 atom stereocenters. The third-order valence-electron chi connectivity index (χ3n) is 5.01. The number of fused-ring (bicyclic) bond motifs is 1. The zero-order chi connectivity index (χ0) is 22.4. The van der Waals surface area contributed by atoms with Crippen molar-refractivity contribution in [2.75, 3.05) is 27.2 Å². The molecular weight excluding hydrogens is 522 g/mol. The lowest BCUT2D eigenvalue weighted by molar-refractivity contribution is 0.0827. The normalized spacial score (nSPS) is 11.2. The second kappa shape index (κ2) is 11.8. The lowest BCUT2D eigenvalue weighted by atomic mass is 10.1. The Morgan fingerprint density at radius 2 is 1.94 bits per heavy atom. The summed E-state index contributed by atoms with van der Waals surface area (Å²) in [5, 5.41) is 7.31. The van der Waals surface area contributed by atoms with Gasteiger partial charge in [-0.05, 0) is 56.2 Å². The first-order valence-corrected chi connectivity index (χ1v) is 10.4. The number of rotatable bonds is 7. The average molecular weight is 552 g/mol. The van der Waals surface area contributed by atoms with Crippen LogP contribution in [0.2, 0.25) is 0 Å². The van der Waals surface area contributed by atoms with Gasteiger partial charge in [-0.3, -0.25) is 4.79 Å². The highest BCUT2D eigenvalue weighted by molar-refractivity contribution is 14.0. The van der Waals surface area contributed by atoms with Gasteiger partial charge in [-0.2, -0.15) is 0 Å². The summed E-state index contributed by atoms with van der Waals surface area (Å²) in [6.07, 6.45) is 0.752. The Hall–Kier alpha value is -2.62. The molecule has 2 N–H and O–H groups in total.